The molecule has 0 unspecified atom stereocenters. The van der Waals surface area contributed by atoms with E-state index in [1.165, 1.54) is 5.56 Å². The molecule has 0 saturated carbocycles. The first-order valence-corrected chi connectivity index (χ1v) is 8.74. The van der Waals surface area contributed by atoms with Crippen LogP contribution in [0.4, 0.5) is 10.5 Å². The fourth-order valence-corrected chi connectivity index (χ4v) is 2.27. The van der Waals surface area contributed by atoms with Crippen molar-refractivity contribution in [1.82, 2.24) is 5.32 Å². The number of guanidine groups is 1. The van der Waals surface area contributed by atoms with Crippen molar-refractivity contribution in [1.29, 1.82) is 0 Å². The lowest BCUT2D eigenvalue weighted by molar-refractivity contribution is 0.0452. The summed E-state index contributed by atoms with van der Waals surface area (Å²) in [7, 11) is 0. The van der Waals surface area contributed by atoms with Gasteiger partial charge in [-0.25, -0.2) is 4.79 Å². The van der Waals surface area contributed by atoms with Crippen molar-refractivity contribution in [3.05, 3.63) is 29.8 Å². The number of nitrogens with two attached hydrogens (primary N) is 1. The Bertz CT molecular complexity index is 591. The number of carbonyl (C=O) groups excluding carboxylic acids is 1. The van der Waals surface area contributed by atoms with Crippen LogP contribution in [0.25, 0.3) is 0 Å². The van der Waals surface area contributed by atoms with E-state index < -0.39 is 17.2 Å². The lowest BCUT2D eigenvalue weighted by atomic mass is 9.93. The number of nitrogens with zero attached hydrogens (tertiary/aromatic N) is 1. The van der Waals surface area contributed by atoms with Crippen molar-refractivity contribution < 1.29 is 9.53 Å². The lowest BCUT2D eigenvalue weighted by Gasteiger charge is -2.32. The van der Waals surface area contributed by atoms with Crippen LogP contribution in [0.15, 0.2) is 29.3 Å². The third-order valence-electron chi connectivity index (χ3n) is 4.00. The predicted octanol–water partition coefficient (Wildman–Crippen LogP) is 4.42. The van der Waals surface area contributed by atoms with Gasteiger partial charge < -0.3 is 21.1 Å². The highest BCUT2D eigenvalue weighted by molar-refractivity contribution is 14.0. The number of aliphatic imine (C=N–C) groups is 1. The molecule has 0 bridgehead atoms. The molecule has 0 fully saturated rings. The standard InChI is InChI=1S/C19H32N4O2.HI/c1-7-19(8-2,23-17(24)25-18(4,5)6)13-21-16(20)22-15-11-9-14(3)10-12-15;/h9-12H,7-8,13H2,1-6H3,(H,23,24)(H3,20,21,22);1H. The fraction of sp³-hybridized carbons (Fsp3) is 0.579. The van der Waals surface area contributed by atoms with Crippen molar-refractivity contribution in [2.24, 2.45) is 10.7 Å². The number of aryl methyl sites for hydroxylation is 1. The molecule has 0 atom stereocenters. The van der Waals surface area contributed by atoms with E-state index in [1.807, 2.05) is 65.8 Å². The average Bonchev–Trinajstić information content (AvgIpc) is 2.52. The monoisotopic (exact) mass is 476 g/mol. The lowest BCUT2D eigenvalue weighted by Crippen LogP contribution is -2.52. The minimum Gasteiger partial charge on any atom is -0.444 e. The highest BCUT2D eigenvalue weighted by Crippen LogP contribution is 2.18. The van der Waals surface area contributed by atoms with Gasteiger partial charge in [0.15, 0.2) is 5.96 Å². The Morgan fingerprint density at radius 3 is 2.15 bits per heavy atom. The summed E-state index contributed by atoms with van der Waals surface area (Å²) < 4.78 is 5.37. The van der Waals surface area contributed by atoms with E-state index in [9.17, 15) is 4.79 Å². The summed E-state index contributed by atoms with van der Waals surface area (Å²) in [5.41, 5.74) is 7.03. The minimum absolute atomic E-state index is 0. The van der Waals surface area contributed by atoms with Crippen LogP contribution in [0.3, 0.4) is 0 Å². The molecule has 6 nitrogen and oxygen atoms in total. The van der Waals surface area contributed by atoms with Gasteiger partial charge >= 0.3 is 6.09 Å². The Hall–Kier alpha value is -1.51. The Morgan fingerprint density at radius 2 is 1.69 bits per heavy atom. The van der Waals surface area contributed by atoms with Gasteiger partial charge in [0.2, 0.25) is 0 Å². The molecule has 26 heavy (non-hydrogen) atoms. The molecule has 1 amide bonds. The van der Waals surface area contributed by atoms with Crippen molar-refractivity contribution >= 4 is 41.7 Å². The summed E-state index contributed by atoms with van der Waals surface area (Å²) in [6.07, 6.45) is 1.02. The van der Waals surface area contributed by atoms with Crippen LogP contribution < -0.4 is 16.4 Å². The van der Waals surface area contributed by atoms with Crippen molar-refractivity contribution in [2.75, 3.05) is 11.9 Å². The van der Waals surface area contributed by atoms with E-state index in [0.29, 0.717) is 12.5 Å². The van der Waals surface area contributed by atoms with Crippen LogP contribution in [0.2, 0.25) is 0 Å². The first-order valence-electron chi connectivity index (χ1n) is 8.74. The first kappa shape index (κ1) is 24.5. The second-order valence-electron chi connectivity index (χ2n) is 7.31. The van der Waals surface area contributed by atoms with E-state index >= 15 is 0 Å². The molecule has 0 aliphatic carbocycles. The average molecular weight is 476 g/mol. The number of amides is 1. The van der Waals surface area contributed by atoms with Gasteiger partial charge in [-0.3, -0.25) is 4.99 Å². The predicted molar refractivity (Wildman–Crippen MR) is 119 cm³/mol. The van der Waals surface area contributed by atoms with Crippen molar-refractivity contribution in [3.63, 3.8) is 0 Å². The Labute approximate surface area is 174 Å². The zero-order chi connectivity index (χ0) is 19.1. The molecule has 0 spiro atoms. The number of hydrogen-bond acceptors (Lipinski definition) is 3. The Kier molecular flexibility index (Phi) is 9.98. The molecule has 0 aromatic heterocycles. The number of ether oxygens (including phenoxy) is 1. The van der Waals surface area contributed by atoms with Gasteiger partial charge in [0.25, 0.3) is 0 Å². The molecule has 0 aliphatic heterocycles. The minimum atomic E-state index is -0.535. The maximum absolute atomic E-state index is 12.1. The van der Waals surface area contributed by atoms with Crippen molar-refractivity contribution in [3.8, 4) is 0 Å². The molecular weight excluding hydrogens is 443 g/mol. The fourth-order valence-electron chi connectivity index (χ4n) is 2.27. The Balaban J connectivity index is 0.00000625. The third kappa shape index (κ3) is 8.73. The summed E-state index contributed by atoms with van der Waals surface area (Å²) in [5.74, 6) is 0.320. The number of benzene rings is 1. The third-order valence-corrected chi connectivity index (χ3v) is 4.00. The van der Waals surface area contributed by atoms with Crippen LogP contribution in [-0.4, -0.2) is 29.7 Å². The molecule has 0 heterocycles. The van der Waals surface area contributed by atoms with Crippen LogP contribution >= 0.6 is 24.0 Å². The van der Waals surface area contributed by atoms with Gasteiger partial charge in [0, 0.05) is 5.69 Å². The van der Waals surface area contributed by atoms with E-state index in [4.69, 9.17) is 10.5 Å². The second-order valence-corrected chi connectivity index (χ2v) is 7.31. The smallest absolute Gasteiger partial charge is 0.408 e. The Morgan fingerprint density at radius 1 is 1.15 bits per heavy atom. The summed E-state index contributed by atoms with van der Waals surface area (Å²) >= 11 is 0. The van der Waals surface area contributed by atoms with Crippen LogP contribution in [0.1, 0.15) is 53.0 Å². The number of nitrogens with one attached hydrogen (secondary N) is 2. The molecule has 148 valence electrons. The summed E-state index contributed by atoms with van der Waals surface area (Å²) in [6, 6.07) is 7.90. The zero-order valence-electron chi connectivity index (χ0n) is 16.7. The molecule has 1 aromatic rings. The number of rotatable bonds is 6. The molecule has 0 aliphatic rings. The number of halogens is 1. The summed E-state index contributed by atoms with van der Waals surface area (Å²) in [5, 5.41) is 6.03. The maximum atomic E-state index is 12.1. The van der Waals surface area contributed by atoms with E-state index in [-0.39, 0.29) is 24.0 Å². The first-order chi connectivity index (χ1) is 11.6. The van der Waals surface area contributed by atoms with Gasteiger partial charge in [-0.1, -0.05) is 31.5 Å². The normalized spacial score (nSPS) is 12.2. The molecule has 1 aromatic carbocycles. The summed E-state index contributed by atoms with van der Waals surface area (Å²) in [4.78, 5) is 16.5. The van der Waals surface area contributed by atoms with Gasteiger partial charge in [-0.2, -0.15) is 0 Å². The number of alkyl carbamates (subject to hydrolysis) is 1. The van der Waals surface area contributed by atoms with Crippen LogP contribution in [0, 0.1) is 6.92 Å². The molecule has 1 rings (SSSR count). The largest absolute Gasteiger partial charge is 0.444 e. The maximum Gasteiger partial charge on any atom is 0.408 e. The summed E-state index contributed by atoms with van der Waals surface area (Å²) in [6.45, 7) is 12.0. The number of carbonyl (C=O) groups is 1. The molecule has 0 radical (unpaired) electrons. The molecule has 4 N–H and O–H groups in total. The number of hydrogen-bond donors (Lipinski definition) is 3. The highest BCUT2D eigenvalue weighted by Gasteiger charge is 2.30. The number of anilines is 1. The van der Waals surface area contributed by atoms with E-state index in [2.05, 4.69) is 15.6 Å². The molecular formula is C19H33IN4O2. The van der Waals surface area contributed by atoms with Gasteiger partial charge in [0.05, 0.1) is 12.1 Å². The van der Waals surface area contributed by atoms with Crippen molar-refractivity contribution in [2.45, 2.75) is 65.5 Å². The van der Waals surface area contributed by atoms with Gasteiger partial charge in [-0.15, -0.1) is 24.0 Å². The molecule has 7 heteroatoms. The van der Waals surface area contributed by atoms with E-state index in [1.54, 1.807) is 0 Å². The van der Waals surface area contributed by atoms with E-state index in [0.717, 1.165) is 18.5 Å². The quantitative estimate of drug-likeness (QED) is 0.322. The topological polar surface area (TPSA) is 88.7 Å². The van der Waals surface area contributed by atoms with Gasteiger partial charge in [-0.05, 0) is 52.7 Å². The van der Waals surface area contributed by atoms with Crippen LogP contribution in [-0.2, 0) is 4.74 Å². The van der Waals surface area contributed by atoms with Gasteiger partial charge in [0.1, 0.15) is 5.60 Å². The highest BCUT2D eigenvalue weighted by atomic mass is 127. The SMILES string of the molecule is CCC(CC)(CN=C(N)Nc1ccc(C)cc1)NC(=O)OC(C)(C)C.I. The molecule has 0 saturated heterocycles. The second kappa shape index (κ2) is 10.6. The van der Waals surface area contributed by atoms with Crippen LogP contribution in [0.5, 0.6) is 0 Å². The zero-order valence-corrected chi connectivity index (χ0v) is 19.0.